The summed E-state index contributed by atoms with van der Waals surface area (Å²) in [6.07, 6.45) is 1.69. The van der Waals surface area contributed by atoms with Gasteiger partial charge in [-0.3, -0.25) is 4.68 Å². The molecule has 104 valence electrons. The van der Waals surface area contributed by atoms with Gasteiger partial charge in [-0.15, -0.1) is 0 Å². The fourth-order valence-corrected chi connectivity index (χ4v) is 3.21. The molecular formula is C12H22ClIN2OSi. The number of hydrogen-bond donors (Lipinski definition) is 0. The van der Waals surface area contributed by atoms with Crippen LogP contribution in [0.5, 0.6) is 0 Å². The molecule has 6 heteroatoms. The van der Waals surface area contributed by atoms with E-state index in [-0.39, 0.29) is 11.1 Å². The maximum atomic E-state index is 6.21. The summed E-state index contributed by atoms with van der Waals surface area (Å²) in [6.45, 7) is 14.1. The van der Waals surface area contributed by atoms with E-state index >= 15 is 0 Å². The Kier molecular flexibility index (Phi) is 5.31. The number of rotatable bonds is 4. The topological polar surface area (TPSA) is 27.1 Å². The highest BCUT2D eigenvalue weighted by Crippen LogP contribution is 2.37. The summed E-state index contributed by atoms with van der Waals surface area (Å²) in [5.41, 5.74) is 0. The molecule has 0 N–H and O–H groups in total. The summed E-state index contributed by atoms with van der Waals surface area (Å²) >= 11 is 8.23. The van der Waals surface area contributed by atoms with Crippen LogP contribution in [0.2, 0.25) is 23.2 Å². The fraction of sp³-hybridized carbons (Fsp3) is 0.750. The van der Waals surface area contributed by atoms with Crippen LogP contribution in [0.15, 0.2) is 6.20 Å². The third-order valence-electron chi connectivity index (χ3n) is 3.60. The van der Waals surface area contributed by atoms with E-state index < -0.39 is 8.32 Å². The Morgan fingerprint density at radius 3 is 2.44 bits per heavy atom. The smallest absolute Gasteiger partial charge is 0.192 e. The van der Waals surface area contributed by atoms with Crippen LogP contribution < -0.4 is 0 Å². The van der Waals surface area contributed by atoms with Crippen molar-refractivity contribution < 1.29 is 4.43 Å². The van der Waals surface area contributed by atoms with Crippen molar-refractivity contribution in [3.8, 4) is 0 Å². The summed E-state index contributed by atoms with van der Waals surface area (Å²) in [7, 11) is -1.69. The second-order valence-electron chi connectivity index (χ2n) is 6.15. The average Bonchev–Trinajstić information content (AvgIpc) is 2.55. The predicted molar refractivity (Wildman–Crippen MR) is 87.8 cm³/mol. The molecule has 1 aromatic heterocycles. The lowest BCUT2D eigenvalue weighted by molar-refractivity contribution is 0.228. The predicted octanol–water partition coefficient (Wildman–Crippen LogP) is 4.72. The molecule has 3 nitrogen and oxygen atoms in total. The Morgan fingerprint density at radius 2 is 2.06 bits per heavy atom. The van der Waals surface area contributed by atoms with Crippen molar-refractivity contribution in [2.24, 2.45) is 0 Å². The van der Waals surface area contributed by atoms with Gasteiger partial charge in [-0.25, -0.2) is 0 Å². The van der Waals surface area contributed by atoms with Gasteiger partial charge in [0.15, 0.2) is 8.32 Å². The molecule has 1 aromatic rings. The Labute approximate surface area is 130 Å². The van der Waals surface area contributed by atoms with Gasteiger partial charge in [-0.1, -0.05) is 32.4 Å². The van der Waals surface area contributed by atoms with Crippen LogP contribution in [0.25, 0.3) is 0 Å². The van der Waals surface area contributed by atoms with E-state index in [2.05, 4.69) is 68.5 Å². The molecule has 1 unspecified atom stereocenters. The lowest BCUT2D eigenvalue weighted by Gasteiger charge is -2.37. The van der Waals surface area contributed by atoms with E-state index in [1.807, 2.05) is 4.68 Å². The van der Waals surface area contributed by atoms with E-state index in [0.717, 1.165) is 3.70 Å². The summed E-state index contributed by atoms with van der Waals surface area (Å²) in [5.74, 6) is 0. The number of halogens is 2. The molecular weight excluding hydrogens is 379 g/mol. The maximum Gasteiger partial charge on any atom is 0.192 e. The second-order valence-corrected chi connectivity index (χ2v) is 12.4. The SMILES string of the molecule is CC(CO[Si](C)(C)C(C)(C)C)n1ncc(Cl)c1I. The Balaban J connectivity index is 2.67. The van der Waals surface area contributed by atoms with Crippen molar-refractivity contribution in [3.05, 3.63) is 14.9 Å². The minimum absolute atomic E-state index is 0.207. The molecule has 0 aliphatic carbocycles. The highest BCUT2D eigenvalue weighted by molar-refractivity contribution is 14.1. The van der Waals surface area contributed by atoms with Gasteiger partial charge >= 0.3 is 0 Å². The van der Waals surface area contributed by atoms with Gasteiger partial charge in [0.25, 0.3) is 0 Å². The second kappa shape index (κ2) is 5.81. The van der Waals surface area contributed by atoms with E-state index in [4.69, 9.17) is 16.0 Å². The minimum atomic E-state index is -1.69. The first-order chi connectivity index (χ1) is 8.06. The first kappa shape index (κ1) is 16.5. The van der Waals surface area contributed by atoms with Gasteiger partial charge in [0, 0.05) is 0 Å². The van der Waals surface area contributed by atoms with Crippen LogP contribution in [-0.2, 0) is 4.43 Å². The molecule has 0 aromatic carbocycles. The quantitative estimate of drug-likeness (QED) is 0.540. The van der Waals surface area contributed by atoms with Crippen molar-refractivity contribution in [1.82, 2.24) is 9.78 Å². The third-order valence-corrected chi connectivity index (χ3v) is 9.77. The summed E-state index contributed by atoms with van der Waals surface area (Å²) < 4.78 is 9.11. The van der Waals surface area contributed by atoms with Crippen molar-refractivity contribution >= 4 is 42.5 Å². The van der Waals surface area contributed by atoms with Crippen LogP contribution in [0.1, 0.15) is 33.7 Å². The van der Waals surface area contributed by atoms with E-state index in [1.54, 1.807) is 6.20 Å². The van der Waals surface area contributed by atoms with Gasteiger partial charge < -0.3 is 4.43 Å². The maximum absolute atomic E-state index is 6.21. The molecule has 0 radical (unpaired) electrons. The molecule has 0 saturated carbocycles. The zero-order valence-corrected chi connectivity index (χ0v) is 15.8. The van der Waals surface area contributed by atoms with E-state index in [0.29, 0.717) is 11.6 Å². The van der Waals surface area contributed by atoms with Crippen LogP contribution in [0.4, 0.5) is 0 Å². The van der Waals surface area contributed by atoms with Gasteiger partial charge in [0.2, 0.25) is 0 Å². The Hall–Kier alpha value is 0.407. The molecule has 0 bridgehead atoms. The van der Waals surface area contributed by atoms with Gasteiger partial charge in [0.1, 0.15) is 3.70 Å². The average molecular weight is 401 g/mol. The summed E-state index contributed by atoms with van der Waals surface area (Å²) in [5, 5.41) is 5.23. The third kappa shape index (κ3) is 3.71. The molecule has 0 saturated heterocycles. The van der Waals surface area contributed by atoms with Gasteiger partial charge in [0.05, 0.1) is 23.9 Å². The monoisotopic (exact) mass is 400 g/mol. The minimum Gasteiger partial charge on any atom is -0.415 e. The molecule has 0 amide bonds. The van der Waals surface area contributed by atoms with Crippen LogP contribution in [-0.4, -0.2) is 24.7 Å². The molecule has 0 spiro atoms. The molecule has 1 atom stereocenters. The fourth-order valence-electron chi connectivity index (χ4n) is 1.25. The highest BCUT2D eigenvalue weighted by Gasteiger charge is 2.37. The summed E-state index contributed by atoms with van der Waals surface area (Å²) in [4.78, 5) is 0. The number of hydrogen-bond acceptors (Lipinski definition) is 2. The first-order valence-corrected chi connectivity index (χ1v) is 10.5. The molecule has 0 fully saturated rings. The van der Waals surface area contributed by atoms with Crippen molar-refractivity contribution in [2.45, 2.75) is 51.9 Å². The lowest BCUT2D eigenvalue weighted by Crippen LogP contribution is -2.42. The van der Waals surface area contributed by atoms with Gasteiger partial charge in [-0.05, 0) is 47.6 Å². The summed E-state index contributed by atoms with van der Waals surface area (Å²) in [6, 6.07) is 0.207. The zero-order valence-electron chi connectivity index (χ0n) is 11.9. The number of aromatic nitrogens is 2. The van der Waals surface area contributed by atoms with E-state index in [9.17, 15) is 0 Å². The molecule has 18 heavy (non-hydrogen) atoms. The van der Waals surface area contributed by atoms with Crippen LogP contribution in [0, 0.1) is 3.70 Å². The zero-order chi connectivity index (χ0) is 14.1. The van der Waals surface area contributed by atoms with E-state index in [1.165, 1.54) is 0 Å². The van der Waals surface area contributed by atoms with Crippen molar-refractivity contribution in [1.29, 1.82) is 0 Å². The molecule has 0 aliphatic rings. The molecule has 1 heterocycles. The standard InChI is InChI=1S/C12H22ClIN2OSi/c1-9(16-11(14)10(13)7-15-16)8-17-18(5,6)12(2,3)4/h7,9H,8H2,1-6H3. The first-order valence-electron chi connectivity index (χ1n) is 6.09. The number of nitrogens with zero attached hydrogens (tertiary/aromatic N) is 2. The lowest BCUT2D eigenvalue weighted by atomic mass is 10.2. The van der Waals surface area contributed by atoms with Gasteiger partial charge in [-0.2, -0.15) is 5.10 Å². The molecule has 0 aliphatic heterocycles. The van der Waals surface area contributed by atoms with Crippen molar-refractivity contribution in [2.75, 3.05) is 6.61 Å². The Morgan fingerprint density at radius 1 is 1.50 bits per heavy atom. The van der Waals surface area contributed by atoms with Crippen molar-refractivity contribution in [3.63, 3.8) is 0 Å². The highest BCUT2D eigenvalue weighted by atomic mass is 127. The largest absolute Gasteiger partial charge is 0.415 e. The van der Waals surface area contributed by atoms with Crippen LogP contribution >= 0.6 is 34.2 Å². The van der Waals surface area contributed by atoms with Crippen LogP contribution in [0.3, 0.4) is 0 Å². The Bertz CT molecular complexity index is 415. The normalized spacial score (nSPS) is 14.9. The molecule has 1 rings (SSSR count).